The molecule has 1 heterocycles. The normalized spacial score (nSPS) is 11.2. The van der Waals surface area contributed by atoms with Crippen molar-refractivity contribution in [2.24, 2.45) is 0 Å². The molecule has 20 heavy (non-hydrogen) atoms. The van der Waals surface area contributed by atoms with Crippen LogP contribution in [0.25, 0.3) is 0 Å². The van der Waals surface area contributed by atoms with Gasteiger partial charge in [-0.3, -0.25) is 4.79 Å². The molecule has 0 saturated heterocycles. The molecule has 4 nitrogen and oxygen atoms in total. The summed E-state index contributed by atoms with van der Waals surface area (Å²) >= 11 is 6.09. The van der Waals surface area contributed by atoms with E-state index in [1.807, 2.05) is 6.92 Å². The summed E-state index contributed by atoms with van der Waals surface area (Å²) in [4.78, 5) is 16.6. The van der Waals surface area contributed by atoms with Crippen molar-refractivity contribution in [2.75, 3.05) is 11.9 Å². The second-order valence-electron chi connectivity index (χ2n) is 5.18. The van der Waals surface area contributed by atoms with E-state index in [0.717, 1.165) is 25.8 Å². The number of pyridine rings is 1. The minimum Gasteiger partial charge on any atom is -0.370 e. The van der Waals surface area contributed by atoms with Crippen molar-refractivity contribution in [3.63, 3.8) is 0 Å². The molecular formula is C15H24ClN3O. The Kier molecular flexibility index (Phi) is 6.27. The Morgan fingerprint density at radius 2 is 1.95 bits per heavy atom. The van der Waals surface area contributed by atoms with E-state index in [9.17, 15) is 4.79 Å². The summed E-state index contributed by atoms with van der Waals surface area (Å²) in [6, 6.07) is 3.49. The van der Waals surface area contributed by atoms with Crippen molar-refractivity contribution in [2.45, 2.75) is 52.5 Å². The van der Waals surface area contributed by atoms with Crippen molar-refractivity contribution in [3.05, 3.63) is 22.8 Å². The zero-order valence-electron chi connectivity index (χ0n) is 12.7. The molecular weight excluding hydrogens is 274 g/mol. The zero-order valence-corrected chi connectivity index (χ0v) is 13.5. The van der Waals surface area contributed by atoms with Crippen LogP contribution in [-0.4, -0.2) is 23.0 Å². The maximum absolute atomic E-state index is 12.3. The molecule has 0 aliphatic heterocycles. The van der Waals surface area contributed by atoms with Crippen LogP contribution in [-0.2, 0) is 0 Å². The smallest absolute Gasteiger partial charge is 0.271 e. The van der Waals surface area contributed by atoms with Crippen LogP contribution in [0.1, 0.15) is 57.4 Å². The SMILES string of the molecule is CCCNc1ccc(Cl)c(C(=O)NC(C)(CC)CC)n1. The molecule has 1 amide bonds. The van der Waals surface area contributed by atoms with Crippen LogP contribution in [0.4, 0.5) is 5.82 Å². The molecule has 0 aromatic carbocycles. The highest BCUT2D eigenvalue weighted by Crippen LogP contribution is 2.19. The zero-order chi connectivity index (χ0) is 15.2. The summed E-state index contributed by atoms with van der Waals surface area (Å²) in [6.07, 6.45) is 2.72. The minimum atomic E-state index is -0.227. The third-order valence-corrected chi connectivity index (χ3v) is 3.90. The number of amides is 1. The molecule has 0 bridgehead atoms. The van der Waals surface area contributed by atoms with Gasteiger partial charge in [0.1, 0.15) is 11.5 Å². The molecule has 0 radical (unpaired) electrons. The number of nitrogens with zero attached hydrogens (tertiary/aromatic N) is 1. The first-order chi connectivity index (χ1) is 9.45. The molecule has 1 aromatic rings. The van der Waals surface area contributed by atoms with Crippen molar-refractivity contribution >= 4 is 23.3 Å². The lowest BCUT2D eigenvalue weighted by molar-refractivity contribution is 0.0896. The first-order valence-electron chi connectivity index (χ1n) is 7.18. The number of halogens is 1. The van der Waals surface area contributed by atoms with Gasteiger partial charge in [-0.25, -0.2) is 4.98 Å². The fourth-order valence-corrected chi connectivity index (χ4v) is 1.90. The van der Waals surface area contributed by atoms with E-state index < -0.39 is 0 Å². The molecule has 0 saturated carbocycles. The summed E-state index contributed by atoms with van der Waals surface area (Å²) in [5.41, 5.74) is 0.0514. The summed E-state index contributed by atoms with van der Waals surface area (Å²) in [5, 5.41) is 6.55. The summed E-state index contributed by atoms with van der Waals surface area (Å²) in [5.74, 6) is 0.456. The Bertz CT molecular complexity index is 458. The number of carbonyl (C=O) groups excluding carboxylic acids is 1. The van der Waals surface area contributed by atoms with Crippen LogP contribution >= 0.6 is 11.6 Å². The second-order valence-corrected chi connectivity index (χ2v) is 5.58. The van der Waals surface area contributed by atoms with Crippen molar-refractivity contribution < 1.29 is 4.79 Å². The third-order valence-electron chi connectivity index (χ3n) is 3.59. The standard InChI is InChI=1S/C15H24ClN3O/c1-5-10-17-12-9-8-11(16)13(18-12)14(20)19-15(4,6-2)7-3/h8-9H,5-7,10H2,1-4H3,(H,17,18)(H,19,20). The Morgan fingerprint density at radius 3 is 2.50 bits per heavy atom. The van der Waals surface area contributed by atoms with Gasteiger partial charge in [0.15, 0.2) is 0 Å². The highest BCUT2D eigenvalue weighted by Gasteiger charge is 2.24. The molecule has 1 aromatic heterocycles. The topological polar surface area (TPSA) is 54.0 Å². The molecule has 0 unspecified atom stereocenters. The fourth-order valence-electron chi connectivity index (χ4n) is 1.71. The molecule has 0 fully saturated rings. The van der Waals surface area contributed by atoms with Crippen molar-refractivity contribution in [3.8, 4) is 0 Å². The van der Waals surface area contributed by atoms with Gasteiger partial charge in [-0.05, 0) is 38.3 Å². The molecule has 0 aliphatic rings. The van der Waals surface area contributed by atoms with Gasteiger partial charge in [0, 0.05) is 12.1 Å². The highest BCUT2D eigenvalue weighted by atomic mass is 35.5. The lowest BCUT2D eigenvalue weighted by Crippen LogP contribution is -2.45. The molecule has 0 atom stereocenters. The maximum Gasteiger partial charge on any atom is 0.271 e. The number of anilines is 1. The van der Waals surface area contributed by atoms with E-state index in [1.54, 1.807) is 12.1 Å². The molecule has 5 heteroatoms. The van der Waals surface area contributed by atoms with Gasteiger partial charge in [0.2, 0.25) is 0 Å². The molecule has 2 N–H and O–H groups in total. The van der Waals surface area contributed by atoms with Crippen molar-refractivity contribution in [1.82, 2.24) is 10.3 Å². The first-order valence-corrected chi connectivity index (χ1v) is 7.56. The van der Waals surface area contributed by atoms with E-state index in [2.05, 4.69) is 36.4 Å². The predicted octanol–water partition coefficient (Wildman–Crippen LogP) is 3.87. The van der Waals surface area contributed by atoms with Crippen LogP contribution in [0.2, 0.25) is 5.02 Å². The highest BCUT2D eigenvalue weighted by molar-refractivity contribution is 6.33. The van der Waals surface area contributed by atoms with Gasteiger partial charge in [-0.1, -0.05) is 32.4 Å². The fraction of sp³-hybridized carbons (Fsp3) is 0.600. The molecule has 0 spiro atoms. The average Bonchev–Trinajstić information content (AvgIpc) is 2.46. The van der Waals surface area contributed by atoms with Crippen molar-refractivity contribution in [1.29, 1.82) is 0 Å². The third kappa shape index (κ3) is 4.37. The molecule has 0 aliphatic carbocycles. The number of nitrogens with one attached hydrogen (secondary N) is 2. The van der Waals surface area contributed by atoms with E-state index in [1.165, 1.54) is 0 Å². The quantitative estimate of drug-likeness (QED) is 0.803. The summed E-state index contributed by atoms with van der Waals surface area (Å²) < 4.78 is 0. The summed E-state index contributed by atoms with van der Waals surface area (Å²) in [6.45, 7) is 9.02. The second kappa shape index (κ2) is 7.48. The van der Waals surface area contributed by atoms with Gasteiger partial charge in [-0.2, -0.15) is 0 Å². The lowest BCUT2D eigenvalue weighted by atomic mass is 9.95. The van der Waals surface area contributed by atoms with E-state index in [-0.39, 0.29) is 17.1 Å². The van der Waals surface area contributed by atoms with Crippen LogP contribution in [0.3, 0.4) is 0 Å². The largest absolute Gasteiger partial charge is 0.370 e. The monoisotopic (exact) mass is 297 g/mol. The van der Waals surface area contributed by atoms with Crippen LogP contribution in [0.15, 0.2) is 12.1 Å². The maximum atomic E-state index is 12.3. The van der Waals surface area contributed by atoms with Gasteiger partial charge in [0.05, 0.1) is 5.02 Å². The number of rotatable bonds is 7. The Labute approximate surface area is 126 Å². The van der Waals surface area contributed by atoms with Gasteiger partial charge in [-0.15, -0.1) is 0 Å². The number of hydrogen-bond acceptors (Lipinski definition) is 3. The Morgan fingerprint density at radius 1 is 1.30 bits per heavy atom. The predicted molar refractivity (Wildman–Crippen MR) is 84.5 cm³/mol. The van der Waals surface area contributed by atoms with Gasteiger partial charge in [0.25, 0.3) is 5.91 Å². The van der Waals surface area contributed by atoms with E-state index in [0.29, 0.717) is 10.8 Å². The van der Waals surface area contributed by atoms with Crippen LogP contribution in [0, 0.1) is 0 Å². The first kappa shape index (κ1) is 16.8. The number of carbonyl (C=O) groups is 1. The van der Waals surface area contributed by atoms with Crippen LogP contribution in [0.5, 0.6) is 0 Å². The summed E-state index contributed by atoms with van der Waals surface area (Å²) in [7, 11) is 0. The molecule has 1 rings (SSSR count). The minimum absolute atomic E-state index is 0.221. The Balaban J connectivity index is 2.91. The van der Waals surface area contributed by atoms with E-state index >= 15 is 0 Å². The van der Waals surface area contributed by atoms with E-state index in [4.69, 9.17) is 11.6 Å². The van der Waals surface area contributed by atoms with Crippen LogP contribution < -0.4 is 10.6 Å². The van der Waals surface area contributed by atoms with Gasteiger partial charge >= 0.3 is 0 Å². The number of hydrogen-bond donors (Lipinski definition) is 2. The number of aromatic nitrogens is 1. The van der Waals surface area contributed by atoms with Gasteiger partial charge < -0.3 is 10.6 Å². The average molecular weight is 298 g/mol. The molecule has 112 valence electrons. The lowest BCUT2D eigenvalue weighted by Gasteiger charge is -2.28. The Hall–Kier alpha value is -1.29.